The highest BCUT2D eigenvalue weighted by Crippen LogP contribution is 2.28. The lowest BCUT2D eigenvalue weighted by Gasteiger charge is -2.15. The molecule has 0 bridgehead atoms. The third-order valence-electron chi connectivity index (χ3n) is 3.07. The van der Waals surface area contributed by atoms with Crippen molar-refractivity contribution in [2.24, 2.45) is 0 Å². The van der Waals surface area contributed by atoms with Gasteiger partial charge in [-0.05, 0) is 30.4 Å². The first-order chi connectivity index (χ1) is 8.69. The average molecular weight is 250 g/mol. The Bertz CT molecular complexity index is 374. The summed E-state index contributed by atoms with van der Waals surface area (Å²) in [5.41, 5.74) is 1.23. The van der Waals surface area contributed by atoms with Crippen molar-refractivity contribution in [3.63, 3.8) is 0 Å². The summed E-state index contributed by atoms with van der Waals surface area (Å²) in [5, 5.41) is 0. The Kier molecular flexibility index (Phi) is 6.26. The molecule has 0 saturated heterocycles. The van der Waals surface area contributed by atoms with E-state index in [1.807, 2.05) is 18.2 Å². The van der Waals surface area contributed by atoms with Crippen LogP contribution in [-0.4, -0.2) is 19.7 Å². The zero-order valence-electron chi connectivity index (χ0n) is 11.4. The van der Waals surface area contributed by atoms with Crippen LogP contribution < -0.4 is 4.74 Å². The molecular weight excluding hydrogens is 228 g/mol. The van der Waals surface area contributed by atoms with Crippen LogP contribution in [0.4, 0.5) is 0 Å². The van der Waals surface area contributed by atoms with Crippen molar-refractivity contribution >= 4 is 5.97 Å². The molecule has 0 spiro atoms. The van der Waals surface area contributed by atoms with Gasteiger partial charge in [0.05, 0.1) is 13.7 Å². The lowest BCUT2D eigenvalue weighted by Crippen LogP contribution is -2.06. The SMILES string of the molecule is CCC(C)c1ccccc1OCCCC(=O)OC. The van der Waals surface area contributed by atoms with Gasteiger partial charge in [-0.3, -0.25) is 4.79 Å². The largest absolute Gasteiger partial charge is 0.493 e. The summed E-state index contributed by atoms with van der Waals surface area (Å²) in [7, 11) is 1.40. The highest BCUT2D eigenvalue weighted by Gasteiger charge is 2.09. The van der Waals surface area contributed by atoms with Gasteiger partial charge in [-0.25, -0.2) is 0 Å². The first kappa shape index (κ1) is 14.6. The monoisotopic (exact) mass is 250 g/mol. The summed E-state index contributed by atoms with van der Waals surface area (Å²) < 4.78 is 10.3. The summed E-state index contributed by atoms with van der Waals surface area (Å²) >= 11 is 0. The molecule has 100 valence electrons. The maximum Gasteiger partial charge on any atom is 0.305 e. The second-order valence-corrected chi connectivity index (χ2v) is 4.38. The van der Waals surface area contributed by atoms with E-state index in [2.05, 4.69) is 24.7 Å². The number of hydrogen-bond acceptors (Lipinski definition) is 3. The first-order valence-corrected chi connectivity index (χ1v) is 6.47. The number of carbonyl (C=O) groups is 1. The Hall–Kier alpha value is -1.51. The van der Waals surface area contributed by atoms with Crippen LogP contribution in [0.1, 0.15) is 44.6 Å². The molecule has 0 N–H and O–H groups in total. The standard InChI is InChI=1S/C15H22O3/c1-4-12(2)13-8-5-6-9-14(13)18-11-7-10-15(16)17-3/h5-6,8-9,12H,4,7,10-11H2,1-3H3. The molecule has 0 heterocycles. The van der Waals surface area contributed by atoms with Crippen LogP contribution in [0.3, 0.4) is 0 Å². The van der Waals surface area contributed by atoms with Crippen LogP contribution >= 0.6 is 0 Å². The van der Waals surface area contributed by atoms with Crippen molar-refractivity contribution in [2.75, 3.05) is 13.7 Å². The molecule has 0 aromatic heterocycles. The molecule has 0 aliphatic heterocycles. The zero-order chi connectivity index (χ0) is 13.4. The van der Waals surface area contributed by atoms with Crippen molar-refractivity contribution in [2.45, 2.75) is 39.0 Å². The van der Waals surface area contributed by atoms with E-state index < -0.39 is 0 Å². The van der Waals surface area contributed by atoms with Crippen LogP contribution in [0.5, 0.6) is 5.75 Å². The average Bonchev–Trinajstić information content (AvgIpc) is 2.42. The molecule has 3 nitrogen and oxygen atoms in total. The van der Waals surface area contributed by atoms with Gasteiger partial charge in [-0.15, -0.1) is 0 Å². The number of ether oxygens (including phenoxy) is 2. The summed E-state index contributed by atoms with van der Waals surface area (Å²) in [5.74, 6) is 1.23. The van der Waals surface area contributed by atoms with E-state index in [1.54, 1.807) is 0 Å². The summed E-state index contributed by atoms with van der Waals surface area (Å²) in [4.78, 5) is 11.0. The van der Waals surface area contributed by atoms with Crippen molar-refractivity contribution in [1.29, 1.82) is 0 Å². The van der Waals surface area contributed by atoms with Gasteiger partial charge in [0.1, 0.15) is 5.75 Å². The summed E-state index contributed by atoms with van der Waals surface area (Å²) in [6, 6.07) is 8.09. The fourth-order valence-electron chi connectivity index (χ4n) is 1.74. The molecular formula is C15H22O3. The Labute approximate surface area is 109 Å². The number of esters is 1. The van der Waals surface area contributed by atoms with Gasteiger partial charge in [-0.2, -0.15) is 0 Å². The van der Waals surface area contributed by atoms with Gasteiger partial charge in [0.25, 0.3) is 0 Å². The predicted molar refractivity (Wildman–Crippen MR) is 71.9 cm³/mol. The number of hydrogen-bond donors (Lipinski definition) is 0. The summed E-state index contributed by atoms with van der Waals surface area (Å²) in [6.45, 7) is 4.90. The van der Waals surface area contributed by atoms with Gasteiger partial charge < -0.3 is 9.47 Å². The molecule has 0 aliphatic rings. The Balaban J connectivity index is 2.49. The minimum atomic E-state index is -0.186. The number of carbonyl (C=O) groups excluding carboxylic acids is 1. The smallest absolute Gasteiger partial charge is 0.305 e. The van der Waals surface area contributed by atoms with Gasteiger partial charge >= 0.3 is 5.97 Å². The molecule has 18 heavy (non-hydrogen) atoms. The van der Waals surface area contributed by atoms with Crippen LogP contribution in [0.2, 0.25) is 0 Å². The molecule has 0 aliphatic carbocycles. The predicted octanol–water partition coefficient (Wildman–Crippen LogP) is 3.53. The number of rotatable bonds is 7. The normalized spacial score (nSPS) is 11.9. The topological polar surface area (TPSA) is 35.5 Å². The van der Waals surface area contributed by atoms with E-state index in [1.165, 1.54) is 12.7 Å². The van der Waals surface area contributed by atoms with Gasteiger partial charge in [0.2, 0.25) is 0 Å². The minimum absolute atomic E-state index is 0.186. The van der Waals surface area contributed by atoms with Gasteiger partial charge in [0, 0.05) is 6.42 Å². The number of benzene rings is 1. The number of para-hydroxylation sites is 1. The molecule has 0 saturated carbocycles. The first-order valence-electron chi connectivity index (χ1n) is 6.47. The fraction of sp³-hybridized carbons (Fsp3) is 0.533. The van der Waals surface area contributed by atoms with E-state index in [4.69, 9.17) is 4.74 Å². The molecule has 0 amide bonds. The van der Waals surface area contributed by atoms with Crippen LogP contribution in [-0.2, 0) is 9.53 Å². The second-order valence-electron chi connectivity index (χ2n) is 4.38. The Morgan fingerprint density at radius 2 is 2.06 bits per heavy atom. The van der Waals surface area contributed by atoms with Crippen LogP contribution in [0, 0.1) is 0 Å². The Morgan fingerprint density at radius 1 is 1.33 bits per heavy atom. The van der Waals surface area contributed by atoms with Gasteiger partial charge in [-0.1, -0.05) is 32.0 Å². The van der Waals surface area contributed by atoms with Gasteiger partial charge in [0.15, 0.2) is 0 Å². The third kappa shape index (κ3) is 4.40. The molecule has 3 heteroatoms. The molecule has 1 atom stereocenters. The maximum absolute atomic E-state index is 11.0. The molecule has 1 aromatic carbocycles. The molecule has 0 radical (unpaired) electrons. The second kappa shape index (κ2) is 7.75. The Morgan fingerprint density at radius 3 is 2.72 bits per heavy atom. The highest BCUT2D eigenvalue weighted by atomic mass is 16.5. The van der Waals surface area contributed by atoms with E-state index in [-0.39, 0.29) is 5.97 Å². The molecule has 1 rings (SSSR count). The zero-order valence-corrected chi connectivity index (χ0v) is 11.4. The highest BCUT2D eigenvalue weighted by molar-refractivity contribution is 5.69. The molecule has 1 unspecified atom stereocenters. The summed E-state index contributed by atoms with van der Waals surface area (Å²) in [6.07, 6.45) is 2.17. The van der Waals surface area contributed by atoms with E-state index in [9.17, 15) is 4.79 Å². The molecule has 0 fully saturated rings. The van der Waals surface area contributed by atoms with Crippen molar-refractivity contribution in [3.8, 4) is 5.75 Å². The number of methoxy groups -OCH3 is 1. The van der Waals surface area contributed by atoms with E-state index >= 15 is 0 Å². The quantitative estimate of drug-likeness (QED) is 0.548. The third-order valence-corrected chi connectivity index (χ3v) is 3.07. The fourth-order valence-corrected chi connectivity index (χ4v) is 1.74. The van der Waals surface area contributed by atoms with Crippen molar-refractivity contribution in [3.05, 3.63) is 29.8 Å². The maximum atomic E-state index is 11.0. The lowest BCUT2D eigenvalue weighted by molar-refractivity contribution is -0.140. The van der Waals surface area contributed by atoms with Crippen molar-refractivity contribution < 1.29 is 14.3 Å². The van der Waals surface area contributed by atoms with Crippen LogP contribution in [0.25, 0.3) is 0 Å². The van der Waals surface area contributed by atoms with E-state index in [0.717, 1.165) is 12.2 Å². The minimum Gasteiger partial charge on any atom is -0.493 e. The van der Waals surface area contributed by atoms with E-state index in [0.29, 0.717) is 25.4 Å². The lowest BCUT2D eigenvalue weighted by atomic mass is 9.98. The molecule has 1 aromatic rings. The van der Waals surface area contributed by atoms with Crippen LogP contribution in [0.15, 0.2) is 24.3 Å². The van der Waals surface area contributed by atoms with Crippen molar-refractivity contribution in [1.82, 2.24) is 0 Å².